The lowest BCUT2D eigenvalue weighted by Gasteiger charge is -2.38. The van der Waals surface area contributed by atoms with E-state index in [-0.39, 0.29) is 47.9 Å². The molecule has 0 aromatic heterocycles. The van der Waals surface area contributed by atoms with Crippen molar-refractivity contribution in [2.24, 2.45) is 5.92 Å². The normalized spacial score (nSPS) is 18.6. The standard InChI is InChI=1S/C29H42N4O6S/c1-20-9-12-24(13-10-20)40(37,38)32(6)18-27-21(2)17-33(22(3)19-34)29(36)25-16-23(11-14-26(25)39-27)30-28(35)8-7-15-31(4)5/h9-14,16,21-22,27,34H,7-8,15,17-19H2,1-6H3,(H,30,35)/t21-,22+,27+/m1/s1. The molecule has 0 fully saturated rings. The van der Waals surface area contributed by atoms with Gasteiger partial charge in [0.2, 0.25) is 15.9 Å². The van der Waals surface area contributed by atoms with Gasteiger partial charge >= 0.3 is 0 Å². The van der Waals surface area contributed by atoms with Gasteiger partial charge < -0.3 is 25.0 Å². The molecule has 1 aliphatic heterocycles. The third kappa shape index (κ3) is 7.81. The first-order valence-corrected chi connectivity index (χ1v) is 15.0. The summed E-state index contributed by atoms with van der Waals surface area (Å²) in [7, 11) is 1.63. The van der Waals surface area contributed by atoms with Crippen molar-refractivity contribution >= 4 is 27.5 Å². The number of anilines is 1. The predicted octanol–water partition coefficient (Wildman–Crippen LogP) is 2.82. The van der Waals surface area contributed by atoms with Gasteiger partial charge in [-0.3, -0.25) is 9.59 Å². The van der Waals surface area contributed by atoms with E-state index >= 15 is 0 Å². The lowest BCUT2D eigenvalue weighted by Crippen LogP contribution is -2.50. The SMILES string of the molecule is Cc1ccc(S(=O)(=O)N(C)C[C@@H]2Oc3ccc(NC(=O)CCCN(C)C)cc3C(=O)N([C@@H](C)CO)C[C@H]2C)cc1. The third-order valence-corrected chi connectivity index (χ3v) is 8.96. The molecule has 3 rings (SSSR count). The Balaban J connectivity index is 1.89. The second kappa shape index (κ2) is 13.6. The van der Waals surface area contributed by atoms with Gasteiger partial charge in [-0.15, -0.1) is 0 Å². The number of amides is 2. The molecule has 0 aliphatic carbocycles. The van der Waals surface area contributed by atoms with Gasteiger partial charge in [0, 0.05) is 31.6 Å². The van der Waals surface area contributed by atoms with Crippen LogP contribution in [0.15, 0.2) is 47.4 Å². The number of likely N-dealkylation sites (N-methyl/N-ethyl adjacent to an activating group) is 1. The minimum atomic E-state index is -3.77. The molecule has 0 bridgehead atoms. The highest BCUT2D eigenvalue weighted by atomic mass is 32.2. The van der Waals surface area contributed by atoms with Crippen LogP contribution in [-0.4, -0.2) is 99.0 Å². The molecule has 1 heterocycles. The molecule has 2 aromatic carbocycles. The number of aliphatic hydroxyl groups is 1. The van der Waals surface area contributed by atoms with Crippen molar-refractivity contribution in [2.45, 2.75) is 50.7 Å². The number of nitrogens with zero attached hydrogens (tertiary/aromatic N) is 3. The zero-order chi connectivity index (χ0) is 29.6. The summed E-state index contributed by atoms with van der Waals surface area (Å²) in [4.78, 5) is 29.9. The maximum Gasteiger partial charge on any atom is 0.258 e. The number of fused-ring (bicyclic) bond motifs is 1. The van der Waals surface area contributed by atoms with Gasteiger partial charge in [-0.25, -0.2) is 8.42 Å². The predicted molar refractivity (Wildman–Crippen MR) is 155 cm³/mol. The van der Waals surface area contributed by atoms with Gasteiger partial charge in [0.1, 0.15) is 11.9 Å². The summed E-state index contributed by atoms with van der Waals surface area (Å²) >= 11 is 0. The average molecular weight is 575 g/mol. The number of carbonyl (C=O) groups is 2. The Hall–Kier alpha value is -2.99. The summed E-state index contributed by atoms with van der Waals surface area (Å²) in [6, 6.07) is 11.1. The Morgan fingerprint density at radius 2 is 1.85 bits per heavy atom. The van der Waals surface area contributed by atoms with Crippen molar-refractivity contribution in [3.63, 3.8) is 0 Å². The summed E-state index contributed by atoms with van der Waals surface area (Å²) in [5.41, 5.74) is 1.67. The second-order valence-corrected chi connectivity index (χ2v) is 12.9. The van der Waals surface area contributed by atoms with Gasteiger partial charge in [0.05, 0.1) is 29.7 Å². The molecule has 0 radical (unpaired) electrons. The molecule has 11 heteroatoms. The molecule has 40 heavy (non-hydrogen) atoms. The first-order chi connectivity index (χ1) is 18.8. The Morgan fingerprint density at radius 1 is 1.18 bits per heavy atom. The van der Waals surface area contributed by atoms with E-state index in [4.69, 9.17) is 4.74 Å². The Labute approximate surface area is 238 Å². The number of rotatable bonds is 11. The van der Waals surface area contributed by atoms with Crippen LogP contribution in [0.4, 0.5) is 5.69 Å². The number of hydrogen-bond donors (Lipinski definition) is 2. The molecule has 3 atom stereocenters. The number of ether oxygens (including phenoxy) is 1. The zero-order valence-electron chi connectivity index (χ0n) is 24.3. The maximum absolute atomic E-state index is 13.6. The summed E-state index contributed by atoms with van der Waals surface area (Å²) in [6.07, 6.45) is 0.456. The van der Waals surface area contributed by atoms with Gasteiger partial charge in [-0.2, -0.15) is 4.31 Å². The summed E-state index contributed by atoms with van der Waals surface area (Å²) in [5, 5.41) is 12.7. The van der Waals surface area contributed by atoms with Crippen molar-refractivity contribution in [3.05, 3.63) is 53.6 Å². The van der Waals surface area contributed by atoms with E-state index in [1.54, 1.807) is 54.3 Å². The molecule has 2 N–H and O–H groups in total. The van der Waals surface area contributed by atoms with Crippen molar-refractivity contribution in [2.75, 3.05) is 52.7 Å². The van der Waals surface area contributed by atoms with E-state index in [9.17, 15) is 23.1 Å². The van der Waals surface area contributed by atoms with E-state index in [2.05, 4.69) is 5.32 Å². The van der Waals surface area contributed by atoms with E-state index in [1.165, 1.54) is 11.4 Å². The Morgan fingerprint density at radius 3 is 2.48 bits per heavy atom. The number of benzene rings is 2. The van der Waals surface area contributed by atoms with Gasteiger partial charge in [0.15, 0.2) is 0 Å². The van der Waals surface area contributed by atoms with Crippen LogP contribution in [0.25, 0.3) is 0 Å². The van der Waals surface area contributed by atoms with E-state index in [0.29, 0.717) is 24.3 Å². The fraction of sp³-hybridized carbons (Fsp3) is 0.517. The van der Waals surface area contributed by atoms with Crippen LogP contribution in [0.5, 0.6) is 5.75 Å². The fourth-order valence-electron chi connectivity index (χ4n) is 4.54. The molecule has 1 aliphatic rings. The Kier molecular flexibility index (Phi) is 10.7. The minimum absolute atomic E-state index is 0.0523. The van der Waals surface area contributed by atoms with Crippen LogP contribution in [0.2, 0.25) is 0 Å². The van der Waals surface area contributed by atoms with Crippen LogP contribution < -0.4 is 10.1 Å². The number of carbonyl (C=O) groups excluding carboxylic acids is 2. The smallest absolute Gasteiger partial charge is 0.258 e. The van der Waals surface area contributed by atoms with Gasteiger partial charge in [-0.05, 0) is 71.2 Å². The summed E-state index contributed by atoms with van der Waals surface area (Å²) in [6.45, 7) is 6.40. The van der Waals surface area contributed by atoms with Crippen LogP contribution in [0, 0.1) is 12.8 Å². The molecule has 0 unspecified atom stereocenters. The van der Waals surface area contributed by atoms with Crippen molar-refractivity contribution in [1.29, 1.82) is 0 Å². The molecule has 2 amide bonds. The number of nitrogens with one attached hydrogen (secondary N) is 1. The number of aliphatic hydroxyl groups excluding tert-OH is 1. The summed E-state index contributed by atoms with van der Waals surface area (Å²) in [5.74, 6) is -0.441. The second-order valence-electron chi connectivity index (χ2n) is 10.9. The highest BCUT2D eigenvalue weighted by Gasteiger charge is 2.35. The average Bonchev–Trinajstić information content (AvgIpc) is 2.90. The largest absolute Gasteiger partial charge is 0.488 e. The van der Waals surface area contributed by atoms with Gasteiger partial charge in [-0.1, -0.05) is 24.6 Å². The number of sulfonamides is 1. The zero-order valence-corrected chi connectivity index (χ0v) is 25.1. The lowest BCUT2D eigenvalue weighted by molar-refractivity contribution is -0.116. The topological polar surface area (TPSA) is 119 Å². The van der Waals surface area contributed by atoms with E-state index < -0.39 is 22.2 Å². The first-order valence-electron chi connectivity index (χ1n) is 13.5. The first kappa shape index (κ1) is 31.5. The van der Waals surface area contributed by atoms with Gasteiger partial charge in [0.25, 0.3) is 5.91 Å². The molecule has 0 saturated heterocycles. The quantitative estimate of drug-likeness (QED) is 0.424. The van der Waals surface area contributed by atoms with Crippen molar-refractivity contribution in [3.8, 4) is 5.75 Å². The van der Waals surface area contributed by atoms with Crippen LogP contribution in [0.1, 0.15) is 42.6 Å². The highest BCUT2D eigenvalue weighted by Crippen LogP contribution is 2.31. The molecule has 10 nitrogen and oxygen atoms in total. The van der Waals surface area contributed by atoms with Crippen LogP contribution in [0.3, 0.4) is 0 Å². The number of hydrogen-bond acceptors (Lipinski definition) is 7. The maximum atomic E-state index is 13.6. The Bertz CT molecular complexity index is 1280. The third-order valence-electron chi connectivity index (χ3n) is 7.12. The fourth-order valence-corrected chi connectivity index (χ4v) is 5.72. The van der Waals surface area contributed by atoms with E-state index in [0.717, 1.165) is 12.1 Å². The highest BCUT2D eigenvalue weighted by molar-refractivity contribution is 7.89. The van der Waals surface area contributed by atoms with E-state index in [1.807, 2.05) is 32.8 Å². The van der Waals surface area contributed by atoms with Crippen LogP contribution in [-0.2, 0) is 14.8 Å². The molecule has 220 valence electrons. The molecule has 0 spiro atoms. The van der Waals surface area contributed by atoms with Crippen molar-refractivity contribution in [1.82, 2.24) is 14.1 Å². The molecular formula is C29H42N4O6S. The molecular weight excluding hydrogens is 532 g/mol. The van der Waals surface area contributed by atoms with Crippen LogP contribution >= 0.6 is 0 Å². The molecule has 2 aromatic rings. The summed E-state index contributed by atoms with van der Waals surface area (Å²) < 4.78 is 34.2. The van der Waals surface area contributed by atoms with Crippen molar-refractivity contribution < 1.29 is 27.9 Å². The lowest BCUT2D eigenvalue weighted by atomic mass is 9.99. The minimum Gasteiger partial charge on any atom is -0.488 e. The monoisotopic (exact) mass is 574 g/mol. The molecule has 0 saturated carbocycles. The number of aryl methyl sites for hydroxylation is 1.